The number of ether oxygens (including phenoxy) is 1. The smallest absolute Gasteiger partial charge is 0.387 e. The summed E-state index contributed by atoms with van der Waals surface area (Å²) in [6.07, 6.45) is 0. The number of para-hydroxylation sites is 1. The lowest BCUT2D eigenvalue weighted by atomic mass is 10.3. The van der Waals surface area contributed by atoms with E-state index in [2.05, 4.69) is 26.1 Å². The zero-order chi connectivity index (χ0) is 11.9. The number of rotatable bonds is 2. The molecular weight excluding hydrogens is 273 g/mol. The average Bonchev–Trinajstić information content (AvgIpc) is 2.01. The van der Waals surface area contributed by atoms with Crippen molar-refractivity contribution in [3.05, 3.63) is 30.3 Å². The second kappa shape index (κ2) is 6.81. The number of halogens is 4. The molecule has 0 amide bonds. The summed E-state index contributed by atoms with van der Waals surface area (Å²) in [4.78, 5) is 0. The van der Waals surface area contributed by atoms with E-state index >= 15 is 0 Å². The Balaban J connectivity index is 0.000000336. The lowest BCUT2D eigenvalue weighted by Gasteiger charge is -2.01. The van der Waals surface area contributed by atoms with Gasteiger partial charge in [0, 0.05) is 21.4 Å². The van der Waals surface area contributed by atoms with E-state index in [1.54, 1.807) is 18.2 Å². The summed E-state index contributed by atoms with van der Waals surface area (Å²) < 4.78 is 45.4. The summed E-state index contributed by atoms with van der Waals surface area (Å²) in [7, 11) is 4.81. The molecule has 15 heavy (non-hydrogen) atoms. The first-order valence-electron chi connectivity index (χ1n) is 3.43. The van der Waals surface area contributed by atoms with Gasteiger partial charge in [0.2, 0.25) is 0 Å². The van der Waals surface area contributed by atoms with Crippen LogP contribution in [0.1, 0.15) is 0 Å². The topological polar surface area (TPSA) is 43.4 Å². The minimum atomic E-state index is -3.72. The van der Waals surface area contributed by atoms with Crippen LogP contribution in [-0.4, -0.2) is 15.0 Å². The molecule has 0 fully saturated rings. The Morgan fingerprint density at radius 3 is 1.87 bits per heavy atom. The SMILES string of the molecule is FC(F)Oc1ccccc1.O=S(=O)(Cl)Cl. The fourth-order valence-corrected chi connectivity index (χ4v) is 0.602. The summed E-state index contributed by atoms with van der Waals surface area (Å²) >= 11 is 0. The van der Waals surface area contributed by atoms with Crippen LogP contribution in [-0.2, 0) is 8.26 Å². The van der Waals surface area contributed by atoms with Crippen molar-refractivity contribution in [2.45, 2.75) is 6.61 Å². The molecule has 0 saturated heterocycles. The molecule has 0 radical (unpaired) electrons. The lowest BCUT2D eigenvalue weighted by Crippen LogP contribution is -2.00. The summed E-state index contributed by atoms with van der Waals surface area (Å²) in [6, 6.07) is 7.96. The predicted molar refractivity (Wildman–Crippen MR) is 53.7 cm³/mol. The van der Waals surface area contributed by atoms with Crippen molar-refractivity contribution in [3.63, 3.8) is 0 Å². The van der Waals surface area contributed by atoms with E-state index < -0.39 is 14.9 Å². The van der Waals surface area contributed by atoms with Crippen LogP contribution in [0.25, 0.3) is 0 Å². The van der Waals surface area contributed by atoms with E-state index in [0.717, 1.165) is 0 Å². The molecule has 8 heteroatoms. The molecule has 0 heterocycles. The van der Waals surface area contributed by atoms with Crippen LogP contribution in [0.5, 0.6) is 5.75 Å². The van der Waals surface area contributed by atoms with Gasteiger partial charge in [0.1, 0.15) is 5.75 Å². The summed E-state index contributed by atoms with van der Waals surface area (Å²) in [5.41, 5.74) is 0. The maximum Gasteiger partial charge on any atom is 0.387 e. The molecule has 3 nitrogen and oxygen atoms in total. The van der Waals surface area contributed by atoms with Crippen molar-refractivity contribution in [3.8, 4) is 5.75 Å². The standard InChI is InChI=1S/C7H6F2O.Cl2O2S/c8-7(9)10-6-4-2-1-3-5-6;1-5(2,3)4/h1-5,7H;. The normalized spacial score (nSPS) is 10.5. The molecule has 0 N–H and O–H groups in total. The second-order valence-corrected chi connectivity index (χ2v) is 5.74. The van der Waals surface area contributed by atoms with Gasteiger partial charge in [-0.3, -0.25) is 0 Å². The highest BCUT2D eigenvalue weighted by Gasteiger charge is 2.01. The molecule has 0 atom stereocenters. The maximum atomic E-state index is 11.5. The zero-order valence-corrected chi connectivity index (χ0v) is 9.44. The molecule has 1 rings (SSSR count). The number of alkyl halides is 2. The molecule has 1 aromatic carbocycles. The van der Waals surface area contributed by atoms with Crippen LogP contribution in [0.15, 0.2) is 30.3 Å². The third-order valence-corrected chi connectivity index (χ3v) is 0.968. The molecule has 1 aromatic rings. The van der Waals surface area contributed by atoms with E-state index in [4.69, 9.17) is 8.42 Å². The first kappa shape index (κ1) is 14.4. The van der Waals surface area contributed by atoms with Crippen molar-refractivity contribution in [1.29, 1.82) is 0 Å². The van der Waals surface area contributed by atoms with Crippen molar-refractivity contribution in [2.24, 2.45) is 0 Å². The Morgan fingerprint density at radius 1 is 1.13 bits per heavy atom. The first-order chi connectivity index (χ1) is 6.79. The number of benzene rings is 1. The van der Waals surface area contributed by atoms with Crippen molar-refractivity contribution in [1.82, 2.24) is 0 Å². The minimum absolute atomic E-state index is 0.192. The monoisotopic (exact) mass is 278 g/mol. The van der Waals surface area contributed by atoms with Crippen molar-refractivity contribution >= 4 is 29.6 Å². The molecule has 0 aliphatic carbocycles. The Morgan fingerprint density at radius 2 is 1.53 bits per heavy atom. The van der Waals surface area contributed by atoms with Gasteiger partial charge in [0.05, 0.1) is 0 Å². The lowest BCUT2D eigenvalue weighted by molar-refractivity contribution is -0.0498. The number of hydrogen-bond acceptors (Lipinski definition) is 3. The molecule has 0 spiro atoms. The fourth-order valence-electron chi connectivity index (χ4n) is 0.602. The quantitative estimate of drug-likeness (QED) is 0.781. The van der Waals surface area contributed by atoms with Crippen molar-refractivity contribution < 1.29 is 21.9 Å². The molecule has 86 valence electrons. The molecule has 0 aliphatic rings. The summed E-state index contributed by atoms with van der Waals surface area (Å²) in [5, 5.41) is 0. The predicted octanol–water partition coefficient (Wildman–Crippen LogP) is 3.00. The first-order valence-corrected chi connectivity index (χ1v) is 6.56. The van der Waals surface area contributed by atoms with Crippen LogP contribution in [0.2, 0.25) is 0 Å². The Kier molecular flexibility index (Phi) is 6.55. The van der Waals surface area contributed by atoms with Crippen LogP contribution in [0.3, 0.4) is 0 Å². The Bertz CT molecular complexity index is 361. The van der Waals surface area contributed by atoms with Crippen LogP contribution < -0.4 is 4.74 Å². The number of hydrogen-bond donors (Lipinski definition) is 0. The van der Waals surface area contributed by atoms with Crippen LogP contribution in [0, 0.1) is 0 Å². The van der Waals surface area contributed by atoms with E-state index in [0.29, 0.717) is 0 Å². The summed E-state index contributed by atoms with van der Waals surface area (Å²) in [6.45, 7) is -2.73. The average molecular weight is 279 g/mol. The van der Waals surface area contributed by atoms with Gasteiger partial charge >= 0.3 is 14.9 Å². The van der Waals surface area contributed by atoms with Gasteiger partial charge in [-0.15, -0.1) is 0 Å². The van der Waals surface area contributed by atoms with Gasteiger partial charge in [-0.05, 0) is 12.1 Å². The van der Waals surface area contributed by atoms with Crippen LogP contribution in [0.4, 0.5) is 8.78 Å². The fraction of sp³-hybridized carbons (Fsp3) is 0.143. The van der Waals surface area contributed by atoms with Gasteiger partial charge in [0.25, 0.3) is 0 Å². The summed E-state index contributed by atoms with van der Waals surface area (Å²) in [5.74, 6) is 0.192. The van der Waals surface area contributed by atoms with Crippen LogP contribution >= 0.6 is 21.4 Å². The zero-order valence-electron chi connectivity index (χ0n) is 7.11. The Labute approximate surface area is 94.5 Å². The minimum Gasteiger partial charge on any atom is -0.435 e. The van der Waals surface area contributed by atoms with Gasteiger partial charge in [0.15, 0.2) is 0 Å². The molecule has 0 bridgehead atoms. The molecule has 0 aliphatic heterocycles. The highest BCUT2D eigenvalue weighted by Crippen LogP contribution is 2.11. The molecular formula is C7H6Cl2F2O3S. The third-order valence-electron chi connectivity index (χ3n) is 0.968. The van der Waals surface area contributed by atoms with Gasteiger partial charge in [-0.25, -0.2) is 0 Å². The Hall–Kier alpha value is -0.590. The molecule has 0 saturated carbocycles. The molecule has 0 unspecified atom stereocenters. The van der Waals surface area contributed by atoms with Gasteiger partial charge in [-0.2, -0.15) is 17.2 Å². The van der Waals surface area contributed by atoms with Gasteiger partial charge < -0.3 is 4.74 Å². The maximum absolute atomic E-state index is 11.5. The molecule has 0 aromatic heterocycles. The van der Waals surface area contributed by atoms with Gasteiger partial charge in [-0.1, -0.05) is 18.2 Å². The van der Waals surface area contributed by atoms with E-state index in [1.807, 2.05) is 0 Å². The highest BCUT2D eigenvalue weighted by molar-refractivity contribution is 8.31. The van der Waals surface area contributed by atoms with E-state index in [-0.39, 0.29) is 5.75 Å². The highest BCUT2D eigenvalue weighted by atomic mass is 36.0. The van der Waals surface area contributed by atoms with Crippen molar-refractivity contribution in [2.75, 3.05) is 0 Å². The second-order valence-electron chi connectivity index (χ2n) is 2.07. The van der Waals surface area contributed by atoms with E-state index in [1.165, 1.54) is 12.1 Å². The largest absolute Gasteiger partial charge is 0.435 e. The third kappa shape index (κ3) is 13.4. The van der Waals surface area contributed by atoms with E-state index in [9.17, 15) is 8.78 Å².